The van der Waals surface area contributed by atoms with Crippen LogP contribution in [-0.2, 0) is 14.4 Å². The summed E-state index contributed by atoms with van der Waals surface area (Å²) < 4.78 is 45.4. The van der Waals surface area contributed by atoms with Gasteiger partial charge in [0.15, 0.2) is 23.1 Å². The zero-order valence-electron chi connectivity index (χ0n) is 25.7. The zero-order valence-corrected chi connectivity index (χ0v) is 27.8. The molecule has 0 saturated heterocycles. The number of fused-ring (bicyclic) bond motifs is 1. The van der Waals surface area contributed by atoms with Crippen LogP contribution in [0.25, 0.3) is 10.9 Å². The maximum absolute atomic E-state index is 15.2. The third-order valence-corrected chi connectivity index (χ3v) is 7.16. The first-order chi connectivity index (χ1) is 21.2. The van der Waals surface area contributed by atoms with Crippen LogP contribution in [0, 0.1) is 17.0 Å². The van der Waals surface area contributed by atoms with Crippen LogP contribution in [0.1, 0.15) is 33.5 Å². The van der Waals surface area contributed by atoms with E-state index in [-0.39, 0.29) is 70.7 Å². The van der Waals surface area contributed by atoms with Gasteiger partial charge in [0.1, 0.15) is 17.0 Å². The Bertz CT molecular complexity index is 1720. The van der Waals surface area contributed by atoms with E-state index < -0.39 is 34.8 Å². The number of hydrogen-bond acceptors (Lipinski definition) is 7. The number of pyridine rings is 1. The molecule has 1 heterocycles. The van der Waals surface area contributed by atoms with E-state index in [1.54, 1.807) is 18.2 Å². The Balaban J connectivity index is 0.00000288. The van der Waals surface area contributed by atoms with Crippen molar-refractivity contribution in [3.05, 3.63) is 78.5 Å². The number of nitrogens with one attached hydrogen (secondary N) is 2. The number of carboxylic acid groups (broad SMARTS) is 1. The Kier molecular flexibility index (Phi) is 11.5. The van der Waals surface area contributed by atoms with Gasteiger partial charge in [0, 0.05) is 41.5 Å². The molecule has 3 N–H and O–H groups in total. The summed E-state index contributed by atoms with van der Waals surface area (Å²) in [6.45, 7) is 0.291. The molecule has 4 aromatic rings. The maximum atomic E-state index is 15.2. The third kappa shape index (κ3) is 8.35. The van der Waals surface area contributed by atoms with Crippen LogP contribution in [0.3, 0.4) is 0 Å². The van der Waals surface area contributed by atoms with Crippen LogP contribution in [0.5, 0.6) is 23.0 Å². The summed E-state index contributed by atoms with van der Waals surface area (Å²) >= 11 is 0. The number of carboxylic acids is 1. The van der Waals surface area contributed by atoms with Crippen LogP contribution in [-0.4, -0.2) is 41.6 Å². The molecule has 1 aliphatic rings. The zero-order chi connectivity index (χ0) is 31.3. The number of aromatic nitrogens is 1. The van der Waals surface area contributed by atoms with Crippen molar-refractivity contribution in [2.75, 3.05) is 24.4 Å². The number of benzene rings is 3. The van der Waals surface area contributed by atoms with Gasteiger partial charge in [0.2, 0.25) is 11.8 Å². The number of halogens is 2. The van der Waals surface area contributed by atoms with Gasteiger partial charge in [0.25, 0.3) is 0 Å². The molecule has 1 fully saturated rings. The first-order valence-electron chi connectivity index (χ1n) is 13.9. The van der Waals surface area contributed by atoms with E-state index in [0.29, 0.717) is 66.1 Å². The number of anilines is 2. The van der Waals surface area contributed by atoms with Gasteiger partial charge in [0.05, 0.1) is 19.2 Å². The summed E-state index contributed by atoms with van der Waals surface area (Å²) in [4.78, 5) is 40.8. The molecular formula is C32H30F2KN3O7. The minimum Gasteiger partial charge on any atom is -1.00 e. The number of nitrogens with zero attached hydrogens (tertiary/aromatic N) is 1. The molecule has 230 valence electrons. The molecule has 2 amide bonds. The molecule has 5 rings (SSSR count). The molecule has 10 nitrogen and oxygen atoms in total. The number of unbranched alkanes of at least 4 members (excludes halogenated alkanes) is 1. The molecule has 1 saturated carbocycles. The van der Waals surface area contributed by atoms with Gasteiger partial charge in [-0.2, -0.15) is 0 Å². The summed E-state index contributed by atoms with van der Waals surface area (Å²) in [6.07, 6.45) is 3.23. The van der Waals surface area contributed by atoms with Crippen molar-refractivity contribution in [2.45, 2.75) is 32.1 Å². The average molecular weight is 646 g/mol. The van der Waals surface area contributed by atoms with Gasteiger partial charge < -0.3 is 31.4 Å². The molecule has 3 aromatic carbocycles. The van der Waals surface area contributed by atoms with Crippen LogP contribution in [0.2, 0.25) is 0 Å². The van der Waals surface area contributed by atoms with Crippen molar-refractivity contribution in [1.82, 2.24) is 4.98 Å². The summed E-state index contributed by atoms with van der Waals surface area (Å²) in [5.74, 6) is -2.15. The van der Waals surface area contributed by atoms with Crippen LogP contribution in [0.4, 0.5) is 20.2 Å². The Morgan fingerprint density at radius 3 is 2.22 bits per heavy atom. The van der Waals surface area contributed by atoms with Crippen LogP contribution in [0.15, 0.2) is 66.9 Å². The molecule has 0 aliphatic heterocycles. The predicted molar refractivity (Wildman–Crippen MR) is 158 cm³/mol. The normalized spacial score (nSPS) is 12.9. The molecule has 0 unspecified atom stereocenters. The van der Waals surface area contributed by atoms with E-state index in [1.165, 1.54) is 49.7 Å². The monoisotopic (exact) mass is 645 g/mol. The van der Waals surface area contributed by atoms with Gasteiger partial charge in [-0.15, -0.1) is 0 Å². The fourth-order valence-corrected chi connectivity index (χ4v) is 4.55. The van der Waals surface area contributed by atoms with E-state index in [0.717, 1.165) is 6.07 Å². The minimum atomic E-state index is -1.30. The molecule has 0 atom stereocenters. The molecular weight excluding hydrogens is 615 g/mol. The first kappa shape index (κ1) is 34.3. The van der Waals surface area contributed by atoms with Gasteiger partial charge in [-0.25, -0.2) is 8.78 Å². The summed E-state index contributed by atoms with van der Waals surface area (Å²) in [5.41, 5.74) is -0.286. The molecule has 1 aliphatic carbocycles. The van der Waals surface area contributed by atoms with E-state index >= 15 is 4.39 Å². The number of aliphatic carboxylic acids is 1. The molecule has 13 heteroatoms. The number of ether oxygens (including phenoxy) is 3. The van der Waals surface area contributed by atoms with E-state index in [4.69, 9.17) is 19.3 Å². The maximum Gasteiger partial charge on any atom is 1.00 e. The van der Waals surface area contributed by atoms with Crippen molar-refractivity contribution >= 4 is 40.1 Å². The van der Waals surface area contributed by atoms with Crippen molar-refractivity contribution in [3.63, 3.8) is 0 Å². The number of carbonyl (C=O) groups excluding carboxylic acids is 2. The Morgan fingerprint density at radius 1 is 0.889 bits per heavy atom. The summed E-state index contributed by atoms with van der Waals surface area (Å²) in [7, 11) is 1.47. The summed E-state index contributed by atoms with van der Waals surface area (Å²) in [6, 6.07) is 14.0. The quantitative estimate of drug-likeness (QED) is 0.114. The topological polar surface area (TPSA) is 136 Å². The van der Waals surface area contributed by atoms with Crippen molar-refractivity contribution in [3.8, 4) is 23.0 Å². The smallest absolute Gasteiger partial charge is 1.00 e. The summed E-state index contributed by atoms with van der Waals surface area (Å²) in [5, 5.41) is 14.5. The second-order valence-corrected chi connectivity index (χ2v) is 10.3. The third-order valence-electron chi connectivity index (χ3n) is 7.16. The minimum absolute atomic E-state index is 0. The molecule has 0 bridgehead atoms. The Hall–Kier alpha value is -3.62. The van der Waals surface area contributed by atoms with Gasteiger partial charge in [-0.05, 0) is 74.2 Å². The number of methoxy groups -OCH3 is 1. The van der Waals surface area contributed by atoms with Crippen molar-refractivity contribution in [2.24, 2.45) is 5.41 Å². The fraction of sp³-hybridized carbons (Fsp3) is 0.250. The Morgan fingerprint density at radius 2 is 1.58 bits per heavy atom. The average Bonchev–Trinajstić information content (AvgIpc) is 3.82. The molecule has 0 spiro atoms. The largest absolute Gasteiger partial charge is 1.00 e. The Labute approximate surface area is 301 Å². The fourth-order valence-electron chi connectivity index (χ4n) is 4.55. The van der Waals surface area contributed by atoms with Crippen molar-refractivity contribution in [1.29, 1.82) is 0 Å². The first-order valence-corrected chi connectivity index (χ1v) is 13.9. The van der Waals surface area contributed by atoms with E-state index in [2.05, 4.69) is 15.6 Å². The second kappa shape index (κ2) is 15.1. The number of hydrogen-bond donors (Lipinski definition) is 3. The van der Waals surface area contributed by atoms with E-state index in [9.17, 15) is 18.8 Å². The predicted octanol–water partition coefficient (Wildman–Crippen LogP) is 3.42. The van der Waals surface area contributed by atoms with Gasteiger partial charge in [-0.1, -0.05) is 0 Å². The molecule has 1 aromatic heterocycles. The number of rotatable bonds is 13. The van der Waals surface area contributed by atoms with Crippen LogP contribution >= 0.6 is 0 Å². The van der Waals surface area contributed by atoms with E-state index in [1.807, 2.05) is 0 Å². The molecule has 45 heavy (non-hydrogen) atoms. The standard InChI is InChI=1S/C32H29F2N3O7.K.H/c1-42-27-17-22-24(18-28(27)43-15-3-2-4-29(38)39)35-14-11-25(22)44-26-10-9-21(16-23(26)34)37-31(41)32(12-13-32)30(40)36-20-7-5-19(33)6-8-20;;/h5-11,14,16-18H,2-4,12-13,15H2,1H3,(H,36,40)(H,37,41)(H,38,39);;/q;+1;-1. The van der Waals surface area contributed by atoms with Crippen molar-refractivity contribution < 1.29 is 95.3 Å². The SMILES string of the molecule is COc1cc2c(Oc3ccc(NC(=O)C4(C(=O)Nc5ccc(F)cc5)CC4)cc3F)ccnc2cc1OCCCCC(=O)O.[H-].[K+]. The number of amides is 2. The van der Waals surface area contributed by atoms with Crippen LogP contribution < -0.4 is 76.2 Å². The van der Waals surface area contributed by atoms with Gasteiger partial charge in [-0.3, -0.25) is 19.4 Å². The number of carbonyl (C=O) groups is 3. The van der Waals surface area contributed by atoms with Gasteiger partial charge >= 0.3 is 57.4 Å². The molecule has 0 radical (unpaired) electrons. The second-order valence-electron chi connectivity index (χ2n) is 10.3.